The van der Waals surface area contributed by atoms with Gasteiger partial charge in [-0.1, -0.05) is 31.9 Å². The van der Waals surface area contributed by atoms with Crippen molar-refractivity contribution in [3.63, 3.8) is 0 Å². The average molecular weight is 442 g/mol. The van der Waals surface area contributed by atoms with Gasteiger partial charge in [-0.2, -0.15) is 0 Å². The molecule has 10 atom stereocenters. The summed E-state index contributed by atoms with van der Waals surface area (Å²) >= 11 is 0. The monoisotopic (exact) mass is 441 g/mol. The summed E-state index contributed by atoms with van der Waals surface area (Å²) in [7, 11) is 0. The molecule has 0 aromatic heterocycles. The molecule has 6 aliphatic rings. The van der Waals surface area contributed by atoms with Gasteiger partial charge in [-0.25, -0.2) is 0 Å². The summed E-state index contributed by atoms with van der Waals surface area (Å²) in [4.78, 5) is 0. The Morgan fingerprint density at radius 1 is 1.03 bits per heavy atom. The van der Waals surface area contributed by atoms with Gasteiger partial charge >= 0.3 is 0 Å². The summed E-state index contributed by atoms with van der Waals surface area (Å²) < 4.78 is 12.9. The van der Waals surface area contributed by atoms with Crippen LogP contribution in [0.15, 0.2) is 11.1 Å². The van der Waals surface area contributed by atoms with Crippen molar-refractivity contribution in [2.45, 2.75) is 110 Å². The van der Waals surface area contributed by atoms with Crippen molar-refractivity contribution < 1.29 is 9.47 Å². The highest BCUT2D eigenvalue weighted by Gasteiger charge is 2.58. The molecule has 3 aliphatic carbocycles. The molecule has 2 saturated carbocycles. The minimum Gasteiger partial charge on any atom is -0.381 e. The van der Waals surface area contributed by atoms with Gasteiger partial charge in [0.2, 0.25) is 0 Å². The number of rotatable bonds is 0. The van der Waals surface area contributed by atoms with E-state index in [0.717, 1.165) is 42.8 Å². The molecule has 0 unspecified atom stereocenters. The minimum absolute atomic E-state index is 0.0853. The fourth-order valence-corrected chi connectivity index (χ4v) is 9.85. The zero-order chi connectivity index (χ0) is 22.1. The maximum absolute atomic E-state index is 7.05. The Bertz CT molecular complexity index is 762. The number of nitrogens with one attached hydrogen (secondary N) is 1. The first-order valence-corrected chi connectivity index (χ1v) is 14.1. The minimum atomic E-state index is 0.0853. The molecule has 3 heterocycles. The molecule has 1 spiro atoms. The number of piperidine rings is 1. The Kier molecular flexibility index (Phi) is 5.59. The summed E-state index contributed by atoms with van der Waals surface area (Å²) in [6.45, 7) is 13.2. The molecule has 3 nitrogen and oxygen atoms in total. The highest BCUT2D eigenvalue weighted by Crippen LogP contribution is 2.64. The molecule has 5 fully saturated rings. The largest absolute Gasteiger partial charge is 0.381 e. The molecule has 180 valence electrons. The average Bonchev–Trinajstić information content (AvgIpc) is 3.20. The van der Waals surface area contributed by atoms with Crippen molar-refractivity contribution >= 4 is 0 Å². The van der Waals surface area contributed by atoms with E-state index in [9.17, 15) is 0 Å². The van der Waals surface area contributed by atoms with Crippen LogP contribution in [0.4, 0.5) is 0 Å². The van der Waals surface area contributed by atoms with E-state index < -0.39 is 0 Å². The van der Waals surface area contributed by atoms with Crippen LogP contribution in [0.25, 0.3) is 0 Å². The maximum Gasteiger partial charge on any atom is 0.0765 e. The van der Waals surface area contributed by atoms with Crippen molar-refractivity contribution in [3.05, 3.63) is 11.1 Å². The topological polar surface area (TPSA) is 30.5 Å². The normalized spacial score (nSPS) is 53.6. The van der Waals surface area contributed by atoms with E-state index in [4.69, 9.17) is 9.47 Å². The fraction of sp³-hybridized carbons (Fsp3) is 0.931. The van der Waals surface area contributed by atoms with Crippen molar-refractivity contribution in [2.24, 2.45) is 40.9 Å². The number of allylic oxidation sites excluding steroid dienone is 1. The second-order valence-electron chi connectivity index (χ2n) is 13.2. The first-order chi connectivity index (χ1) is 15.4. The molecule has 0 amide bonds. The Morgan fingerprint density at radius 2 is 1.91 bits per heavy atom. The van der Waals surface area contributed by atoms with Gasteiger partial charge in [0.15, 0.2) is 0 Å². The van der Waals surface area contributed by atoms with E-state index in [1.165, 1.54) is 70.8 Å². The Morgan fingerprint density at radius 3 is 2.78 bits per heavy atom. The Hall–Kier alpha value is -0.380. The fourth-order valence-electron chi connectivity index (χ4n) is 9.85. The Balaban J connectivity index is 1.27. The molecule has 32 heavy (non-hydrogen) atoms. The first-order valence-electron chi connectivity index (χ1n) is 14.1. The van der Waals surface area contributed by atoms with E-state index >= 15 is 0 Å². The van der Waals surface area contributed by atoms with Crippen molar-refractivity contribution in [1.82, 2.24) is 5.32 Å². The SMILES string of the molecule is CC1=C2C[C@H]3[C@@H](CC[C@@H]4CCOCCC[C@@]43C)[C@@H]2CC[C@@]2(C1)O[C@@H]1C[C@H](C)CN[C@H]1[C@H]2C. The summed E-state index contributed by atoms with van der Waals surface area (Å²) in [5, 5.41) is 3.88. The maximum atomic E-state index is 7.05. The van der Waals surface area contributed by atoms with Gasteiger partial charge in [-0.3, -0.25) is 0 Å². The van der Waals surface area contributed by atoms with Gasteiger partial charge < -0.3 is 14.8 Å². The molecule has 0 radical (unpaired) electrons. The molecule has 6 rings (SSSR count). The third kappa shape index (κ3) is 3.31. The molecular weight excluding hydrogens is 394 g/mol. The van der Waals surface area contributed by atoms with Crippen molar-refractivity contribution in [3.8, 4) is 0 Å². The lowest BCUT2D eigenvalue weighted by atomic mass is 9.54. The molecule has 3 saturated heterocycles. The van der Waals surface area contributed by atoms with Crippen LogP contribution < -0.4 is 5.32 Å². The third-order valence-corrected chi connectivity index (χ3v) is 11.6. The van der Waals surface area contributed by atoms with Gasteiger partial charge in [0, 0.05) is 25.2 Å². The zero-order valence-electron chi connectivity index (χ0n) is 21.1. The van der Waals surface area contributed by atoms with Gasteiger partial charge in [-0.05, 0) is 113 Å². The van der Waals surface area contributed by atoms with Crippen LogP contribution >= 0.6 is 0 Å². The van der Waals surface area contributed by atoms with Gasteiger partial charge in [0.25, 0.3) is 0 Å². The second kappa shape index (κ2) is 8.09. The highest BCUT2D eigenvalue weighted by atomic mass is 16.5. The van der Waals surface area contributed by atoms with E-state index in [1.54, 1.807) is 5.57 Å². The number of hydrogen-bond acceptors (Lipinski definition) is 3. The van der Waals surface area contributed by atoms with Gasteiger partial charge in [0.05, 0.1) is 11.7 Å². The molecule has 0 bridgehead atoms. The predicted octanol–water partition coefficient (Wildman–Crippen LogP) is 6.13. The Labute approximate surface area is 196 Å². The number of ether oxygens (including phenoxy) is 2. The molecule has 0 aromatic carbocycles. The smallest absolute Gasteiger partial charge is 0.0765 e. The zero-order valence-corrected chi connectivity index (χ0v) is 21.1. The summed E-state index contributed by atoms with van der Waals surface area (Å²) in [6, 6.07) is 0.571. The second-order valence-corrected chi connectivity index (χ2v) is 13.2. The van der Waals surface area contributed by atoms with Crippen LogP contribution in [0.1, 0.15) is 91.9 Å². The number of hydrogen-bond donors (Lipinski definition) is 1. The molecular formula is C29H47NO2. The highest BCUT2D eigenvalue weighted by molar-refractivity contribution is 5.29. The molecule has 1 N–H and O–H groups in total. The number of fused-ring (bicyclic) bond motifs is 6. The van der Waals surface area contributed by atoms with E-state index in [2.05, 4.69) is 33.0 Å². The van der Waals surface area contributed by atoms with Crippen LogP contribution in [0.3, 0.4) is 0 Å². The van der Waals surface area contributed by atoms with Crippen molar-refractivity contribution in [1.29, 1.82) is 0 Å². The lowest BCUT2D eigenvalue weighted by Gasteiger charge is -2.51. The first kappa shape index (κ1) is 22.1. The van der Waals surface area contributed by atoms with Gasteiger partial charge in [-0.15, -0.1) is 0 Å². The lowest BCUT2D eigenvalue weighted by molar-refractivity contribution is -0.0749. The summed E-state index contributed by atoms with van der Waals surface area (Å²) in [6.07, 6.45) is 13.8. The van der Waals surface area contributed by atoms with Crippen LogP contribution in [-0.4, -0.2) is 37.5 Å². The third-order valence-electron chi connectivity index (χ3n) is 11.6. The van der Waals surface area contributed by atoms with Crippen LogP contribution in [0.2, 0.25) is 0 Å². The van der Waals surface area contributed by atoms with Crippen LogP contribution in [-0.2, 0) is 9.47 Å². The van der Waals surface area contributed by atoms with Crippen LogP contribution in [0.5, 0.6) is 0 Å². The predicted molar refractivity (Wildman–Crippen MR) is 129 cm³/mol. The van der Waals surface area contributed by atoms with E-state index in [-0.39, 0.29) is 5.60 Å². The standard InChI is InChI=1S/C29H47NO2/c1-18-14-26-27(30-17-18)20(3)29(32-26)11-8-22-23-7-6-21-9-13-31-12-5-10-28(21,4)25(23)15-24(22)19(2)16-29/h18,20-23,25-27,30H,5-17H2,1-4H3/t18-,20+,21+,22-,23-,25-,26+,27-,28-,29-/m0/s1. The van der Waals surface area contributed by atoms with Crippen LogP contribution in [0, 0.1) is 40.9 Å². The quantitative estimate of drug-likeness (QED) is 0.459. The molecule has 3 aliphatic heterocycles. The van der Waals surface area contributed by atoms with E-state index in [1.807, 2.05) is 5.57 Å². The molecule has 0 aromatic rings. The summed E-state index contributed by atoms with van der Waals surface area (Å²) in [5.41, 5.74) is 4.22. The lowest BCUT2D eigenvalue weighted by Crippen LogP contribution is -2.48. The molecule has 3 heteroatoms. The van der Waals surface area contributed by atoms with Crippen molar-refractivity contribution in [2.75, 3.05) is 19.8 Å². The van der Waals surface area contributed by atoms with E-state index in [0.29, 0.717) is 23.5 Å². The summed E-state index contributed by atoms with van der Waals surface area (Å²) in [5.74, 6) is 4.93. The van der Waals surface area contributed by atoms with Gasteiger partial charge in [0.1, 0.15) is 0 Å².